The number of rotatable bonds is 7. The zero-order chi connectivity index (χ0) is 23.9. The number of fused-ring (bicyclic) bond motifs is 1. The van der Waals surface area contributed by atoms with Crippen LogP contribution in [0.4, 0.5) is 13.2 Å². The number of benzene rings is 1. The fourth-order valence-corrected chi connectivity index (χ4v) is 3.84. The predicted molar refractivity (Wildman–Crippen MR) is 112 cm³/mol. The number of sulfonamides is 1. The maximum atomic E-state index is 11.3. The van der Waals surface area contributed by atoms with E-state index in [1.54, 1.807) is 0 Å². The van der Waals surface area contributed by atoms with Gasteiger partial charge in [-0.15, -0.1) is 0 Å². The summed E-state index contributed by atoms with van der Waals surface area (Å²) in [6, 6.07) is 11.0. The first-order valence-electron chi connectivity index (χ1n) is 9.96. The standard InChI is InChI=1S/C18H26N4O2S.C2HF3O2/c1-3-15-4-6-16(7-5-15)12-21-13-17-8-10-19-22(17)18(14-21)9-11-20-25(2,23)24;3-2(4,5)1(6)7/h4-8,10,18,20H,3,9,11-14H2,1-2H3;(H,6,7). The number of alkyl halides is 3. The summed E-state index contributed by atoms with van der Waals surface area (Å²) in [6.45, 7) is 5.23. The molecule has 1 atom stereocenters. The number of carboxylic acids is 1. The first-order valence-corrected chi connectivity index (χ1v) is 11.9. The molecular weight excluding hydrogens is 449 g/mol. The highest BCUT2D eigenvalue weighted by Crippen LogP contribution is 2.24. The Labute approximate surface area is 185 Å². The molecule has 2 N–H and O–H groups in total. The van der Waals surface area contributed by atoms with Gasteiger partial charge in [0, 0.05) is 32.4 Å². The second-order valence-electron chi connectivity index (χ2n) is 7.52. The Kier molecular flexibility index (Phi) is 8.81. The number of hydrogen-bond donors (Lipinski definition) is 2. The van der Waals surface area contributed by atoms with E-state index < -0.39 is 22.2 Å². The number of aliphatic carboxylic acids is 1. The van der Waals surface area contributed by atoms with Crippen molar-refractivity contribution >= 4 is 16.0 Å². The minimum absolute atomic E-state index is 0.183. The molecule has 1 aromatic heterocycles. The van der Waals surface area contributed by atoms with Crippen LogP contribution >= 0.6 is 0 Å². The number of hydrogen-bond acceptors (Lipinski definition) is 5. The second kappa shape index (κ2) is 10.9. The summed E-state index contributed by atoms with van der Waals surface area (Å²) in [4.78, 5) is 11.3. The average molecular weight is 477 g/mol. The quantitative estimate of drug-likeness (QED) is 0.637. The zero-order valence-corrected chi connectivity index (χ0v) is 18.7. The SMILES string of the molecule is CCc1ccc(CN2Cc3ccnn3C(CCNS(C)(=O)=O)C2)cc1.O=C(O)C(F)(F)F. The molecule has 0 amide bonds. The summed E-state index contributed by atoms with van der Waals surface area (Å²) in [5.41, 5.74) is 3.84. The highest BCUT2D eigenvalue weighted by atomic mass is 32.2. The van der Waals surface area contributed by atoms with Crippen LogP contribution in [0.3, 0.4) is 0 Å². The first-order chi connectivity index (χ1) is 14.9. The number of halogens is 3. The summed E-state index contributed by atoms with van der Waals surface area (Å²) in [5.74, 6) is -2.76. The number of carbonyl (C=O) groups is 1. The van der Waals surface area contributed by atoms with Crippen molar-refractivity contribution in [3.8, 4) is 0 Å². The molecule has 2 heterocycles. The lowest BCUT2D eigenvalue weighted by Crippen LogP contribution is -2.38. The number of nitrogens with zero attached hydrogens (tertiary/aromatic N) is 3. The molecule has 1 aliphatic rings. The molecule has 1 aliphatic heterocycles. The van der Waals surface area contributed by atoms with Crippen molar-refractivity contribution < 1.29 is 31.5 Å². The minimum atomic E-state index is -5.08. The molecule has 0 fully saturated rings. The van der Waals surface area contributed by atoms with E-state index in [0.717, 1.165) is 32.5 Å². The van der Waals surface area contributed by atoms with Crippen LogP contribution in [0.5, 0.6) is 0 Å². The van der Waals surface area contributed by atoms with E-state index in [0.29, 0.717) is 6.54 Å². The van der Waals surface area contributed by atoms with Crippen molar-refractivity contribution in [2.75, 3.05) is 19.3 Å². The van der Waals surface area contributed by atoms with Crippen molar-refractivity contribution in [2.45, 2.75) is 45.1 Å². The molecule has 1 unspecified atom stereocenters. The van der Waals surface area contributed by atoms with Crippen molar-refractivity contribution in [3.05, 3.63) is 53.3 Å². The molecule has 12 heteroatoms. The van der Waals surface area contributed by atoms with E-state index >= 15 is 0 Å². The third-order valence-corrected chi connectivity index (χ3v) is 5.60. The lowest BCUT2D eigenvalue weighted by molar-refractivity contribution is -0.192. The highest BCUT2D eigenvalue weighted by molar-refractivity contribution is 7.88. The van der Waals surface area contributed by atoms with Gasteiger partial charge in [-0.1, -0.05) is 31.2 Å². The van der Waals surface area contributed by atoms with Crippen LogP contribution in [0.15, 0.2) is 36.5 Å². The highest BCUT2D eigenvalue weighted by Gasteiger charge is 2.38. The minimum Gasteiger partial charge on any atom is -0.475 e. The summed E-state index contributed by atoms with van der Waals surface area (Å²) in [5, 5.41) is 11.6. The normalized spacial score (nSPS) is 16.7. The predicted octanol–water partition coefficient (Wildman–Crippen LogP) is 2.58. The lowest BCUT2D eigenvalue weighted by Gasteiger charge is -2.34. The maximum Gasteiger partial charge on any atom is 0.490 e. The Bertz CT molecular complexity index is 991. The molecule has 1 aromatic carbocycles. The van der Waals surface area contributed by atoms with E-state index in [1.807, 2.05) is 16.9 Å². The molecule has 32 heavy (non-hydrogen) atoms. The van der Waals surface area contributed by atoms with Gasteiger partial charge in [0.2, 0.25) is 10.0 Å². The van der Waals surface area contributed by atoms with Crippen LogP contribution < -0.4 is 4.72 Å². The molecule has 0 aliphatic carbocycles. The molecular formula is C20H27F3N4O4S. The lowest BCUT2D eigenvalue weighted by atomic mass is 10.1. The maximum absolute atomic E-state index is 11.3. The van der Waals surface area contributed by atoms with Crippen LogP contribution in [-0.4, -0.2) is 59.7 Å². The number of aryl methyl sites for hydroxylation is 1. The van der Waals surface area contributed by atoms with Crippen LogP contribution in [0.25, 0.3) is 0 Å². The van der Waals surface area contributed by atoms with Gasteiger partial charge in [-0.2, -0.15) is 18.3 Å². The van der Waals surface area contributed by atoms with Gasteiger partial charge >= 0.3 is 12.1 Å². The Morgan fingerprint density at radius 3 is 2.34 bits per heavy atom. The van der Waals surface area contributed by atoms with Crippen LogP contribution in [0, 0.1) is 0 Å². The molecule has 3 rings (SSSR count). The Morgan fingerprint density at radius 1 is 1.22 bits per heavy atom. The number of nitrogens with one attached hydrogen (secondary N) is 1. The molecule has 2 aromatic rings. The summed E-state index contributed by atoms with van der Waals surface area (Å²) < 4.78 is 58.9. The fraction of sp³-hybridized carbons (Fsp3) is 0.500. The average Bonchev–Trinajstić information content (AvgIpc) is 3.16. The Morgan fingerprint density at radius 2 is 1.81 bits per heavy atom. The van der Waals surface area contributed by atoms with E-state index in [9.17, 15) is 21.6 Å². The Hall–Kier alpha value is -2.44. The van der Waals surface area contributed by atoms with Gasteiger partial charge in [0.15, 0.2) is 0 Å². The molecule has 0 saturated heterocycles. The van der Waals surface area contributed by atoms with Crippen molar-refractivity contribution in [3.63, 3.8) is 0 Å². The number of aromatic nitrogens is 2. The Balaban J connectivity index is 0.000000451. The van der Waals surface area contributed by atoms with E-state index in [2.05, 4.69) is 45.9 Å². The number of carboxylic acid groups (broad SMARTS) is 1. The molecule has 0 spiro atoms. The topological polar surface area (TPSA) is 105 Å². The van der Waals surface area contributed by atoms with Gasteiger partial charge in [-0.05, 0) is 30.0 Å². The monoisotopic (exact) mass is 476 g/mol. The summed E-state index contributed by atoms with van der Waals surface area (Å²) >= 11 is 0. The van der Waals surface area contributed by atoms with E-state index in [-0.39, 0.29) is 6.04 Å². The van der Waals surface area contributed by atoms with E-state index in [4.69, 9.17) is 9.90 Å². The van der Waals surface area contributed by atoms with Crippen molar-refractivity contribution in [1.29, 1.82) is 0 Å². The van der Waals surface area contributed by atoms with Crippen molar-refractivity contribution in [1.82, 2.24) is 19.4 Å². The molecule has 178 valence electrons. The third kappa shape index (κ3) is 8.24. The van der Waals surface area contributed by atoms with Gasteiger partial charge in [-0.3, -0.25) is 9.58 Å². The van der Waals surface area contributed by atoms with E-state index in [1.165, 1.54) is 23.1 Å². The van der Waals surface area contributed by atoms with Gasteiger partial charge in [0.25, 0.3) is 0 Å². The molecule has 0 bridgehead atoms. The van der Waals surface area contributed by atoms with Crippen molar-refractivity contribution in [2.24, 2.45) is 0 Å². The van der Waals surface area contributed by atoms with Gasteiger partial charge in [-0.25, -0.2) is 17.9 Å². The van der Waals surface area contributed by atoms with Gasteiger partial charge in [0.05, 0.1) is 18.0 Å². The first kappa shape index (κ1) is 25.8. The second-order valence-corrected chi connectivity index (χ2v) is 9.35. The largest absolute Gasteiger partial charge is 0.490 e. The smallest absolute Gasteiger partial charge is 0.475 e. The van der Waals surface area contributed by atoms with Crippen LogP contribution in [0.1, 0.15) is 36.2 Å². The fourth-order valence-electron chi connectivity index (χ4n) is 3.35. The molecule has 0 saturated carbocycles. The third-order valence-electron chi connectivity index (χ3n) is 4.87. The summed E-state index contributed by atoms with van der Waals surface area (Å²) in [7, 11) is -3.15. The van der Waals surface area contributed by atoms with Gasteiger partial charge in [0.1, 0.15) is 0 Å². The summed E-state index contributed by atoms with van der Waals surface area (Å²) in [6.07, 6.45) is -0.281. The molecule has 8 nitrogen and oxygen atoms in total. The zero-order valence-electron chi connectivity index (χ0n) is 17.8. The van der Waals surface area contributed by atoms with Gasteiger partial charge < -0.3 is 5.11 Å². The molecule has 0 radical (unpaired) electrons. The van der Waals surface area contributed by atoms with Crippen LogP contribution in [0.2, 0.25) is 0 Å². The van der Waals surface area contributed by atoms with Crippen LogP contribution in [-0.2, 0) is 34.3 Å².